The Labute approximate surface area is 311 Å². The van der Waals surface area contributed by atoms with Crippen LogP contribution < -0.4 is 0 Å². The predicted octanol–water partition coefficient (Wildman–Crippen LogP) is 13.2. The topological polar surface area (TPSA) is 13.1 Å². The van der Waals surface area contributed by atoms with Gasteiger partial charge in [0.2, 0.25) is 0 Å². The van der Waals surface area contributed by atoms with Gasteiger partial charge in [0.15, 0.2) is 0 Å². The molecule has 0 fully saturated rings. The van der Waals surface area contributed by atoms with Crippen molar-refractivity contribution in [1.29, 1.82) is 0 Å². The highest BCUT2D eigenvalue weighted by atomic mass is 16.3. The normalized spacial score (nSPS) is 20.2. The maximum Gasteiger partial charge on any atom is 0.136 e. The van der Waals surface area contributed by atoms with Gasteiger partial charge >= 0.3 is 0 Å². The average molecular weight is 625 g/mol. The van der Waals surface area contributed by atoms with Crippen LogP contribution in [-0.4, -0.2) is 0 Å². The molecule has 218 valence electrons. The van der Waals surface area contributed by atoms with Gasteiger partial charge in [0.1, 0.15) is 11.2 Å². The molecule has 0 radical (unpaired) electrons. The molecule has 0 atom stereocenters. The number of rotatable bonds is 3. The molecule has 9 aromatic carbocycles. The van der Waals surface area contributed by atoms with Crippen molar-refractivity contribution in [3.63, 3.8) is 0 Å². The highest BCUT2D eigenvalue weighted by Crippen LogP contribution is 2.46. The molecule has 10 aromatic rings. The zero-order valence-corrected chi connectivity index (χ0v) is 23.4. The molecule has 0 aliphatic carbocycles. The number of hydrogen-bond acceptors (Lipinski definition) is 1. The van der Waals surface area contributed by atoms with E-state index >= 15 is 0 Å². The third-order valence-electron chi connectivity index (χ3n) is 7.64. The molecule has 0 N–H and O–H groups in total. The van der Waals surface area contributed by atoms with Gasteiger partial charge in [0, 0.05) is 10.8 Å². The van der Waals surface area contributed by atoms with Gasteiger partial charge < -0.3 is 4.42 Å². The van der Waals surface area contributed by atoms with Crippen molar-refractivity contribution in [2.45, 2.75) is 0 Å². The molecule has 1 nitrogen and oxygen atoms in total. The van der Waals surface area contributed by atoms with E-state index in [0.717, 1.165) is 0 Å². The smallest absolute Gasteiger partial charge is 0.136 e. The maximum absolute atomic E-state index is 10.2. The van der Waals surface area contributed by atoms with Gasteiger partial charge in [-0.2, -0.15) is 0 Å². The Morgan fingerprint density at radius 3 is 1.40 bits per heavy atom. The zero-order chi connectivity index (χ0) is 55.3. The van der Waals surface area contributed by atoms with Crippen LogP contribution in [0.2, 0.25) is 0 Å². The fourth-order valence-corrected chi connectivity index (χ4v) is 5.58. The Hall–Kier alpha value is -6.18. The van der Waals surface area contributed by atoms with Crippen molar-refractivity contribution < 1.29 is 42.8 Å². The lowest BCUT2D eigenvalue weighted by atomic mass is 9.84. The van der Waals surface area contributed by atoms with Gasteiger partial charge in [-0.1, -0.05) is 133 Å². The second-order valence-electron chi connectivity index (χ2n) is 10.3. The summed E-state index contributed by atoms with van der Waals surface area (Å²) in [7, 11) is 0. The minimum absolute atomic E-state index is 0.392. The highest BCUT2D eigenvalue weighted by molar-refractivity contribution is 6.22. The summed E-state index contributed by atoms with van der Waals surface area (Å²) in [6, 6.07) is -25.9. The van der Waals surface area contributed by atoms with E-state index in [2.05, 4.69) is 0 Å². The summed E-state index contributed by atoms with van der Waals surface area (Å²) in [5.41, 5.74) is -6.17. The molecule has 0 aliphatic rings. The van der Waals surface area contributed by atoms with Crippen LogP contribution in [0.3, 0.4) is 0 Å². The molecule has 0 spiro atoms. The average Bonchev–Trinajstić information content (AvgIpc) is 3.83. The number of benzene rings is 9. The third kappa shape index (κ3) is 4.10. The fraction of sp³-hybridized carbons (Fsp3) is 0. The summed E-state index contributed by atoms with van der Waals surface area (Å²) in [6.07, 6.45) is 0. The van der Waals surface area contributed by atoms with E-state index in [1.165, 1.54) is 0 Å². The number of furan rings is 1. The second kappa shape index (κ2) is 10.2. The Morgan fingerprint density at radius 1 is 0.298 bits per heavy atom. The van der Waals surface area contributed by atoms with Crippen molar-refractivity contribution in [2.24, 2.45) is 0 Å². The summed E-state index contributed by atoms with van der Waals surface area (Å²) in [4.78, 5) is 0. The van der Waals surface area contributed by atoms with E-state index in [1.54, 1.807) is 0 Å². The van der Waals surface area contributed by atoms with Crippen LogP contribution in [0, 0.1) is 0 Å². The lowest BCUT2D eigenvalue weighted by Gasteiger charge is -2.19. The van der Waals surface area contributed by atoms with Crippen LogP contribution >= 0.6 is 0 Å². The van der Waals surface area contributed by atoms with Crippen LogP contribution in [-0.2, 0) is 0 Å². The van der Waals surface area contributed by atoms with Gasteiger partial charge in [0.25, 0.3) is 0 Å². The van der Waals surface area contributed by atoms with Gasteiger partial charge in [0.05, 0.1) is 38.4 Å². The van der Waals surface area contributed by atoms with Crippen LogP contribution in [0.4, 0.5) is 0 Å². The summed E-state index contributed by atoms with van der Waals surface area (Å²) in [5, 5.41) is -6.67. The molecule has 0 amide bonds. The molecular formula is C46H28O. The van der Waals surface area contributed by atoms with E-state index in [-0.39, 0.29) is 0 Å². The standard InChI is InChI=1S/C46H28O/c1-3-11-31-25-35(19-17-29(31)9-1)45-39-14-5-6-15-40(39)46(36-20-18-30-10-2-4-12-32(30)26-36)42-27-33(22-24-41(42)45)34-21-23-38-37-13-7-8-16-43(37)47-44(38)28-34/h1-28H/i1D,2D,3D,4D,5D,6D,7D,8D,9D,10D,11D,12D,13D,14D,15D,16D,17D,18D,19D,20D,21D,22D,23D,24D,25D,26D,27D,28D. The Balaban J connectivity index is 1.56. The van der Waals surface area contributed by atoms with Crippen molar-refractivity contribution in [2.75, 3.05) is 0 Å². The van der Waals surface area contributed by atoms with Crippen LogP contribution in [0.5, 0.6) is 0 Å². The van der Waals surface area contributed by atoms with Crippen LogP contribution in [0.15, 0.2) is 174 Å². The van der Waals surface area contributed by atoms with Crippen molar-refractivity contribution in [3.8, 4) is 33.4 Å². The third-order valence-corrected chi connectivity index (χ3v) is 7.64. The zero-order valence-electron chi connectivity index (χ0n) is 51.4. The van der Waals surface area contributed by atoms with E-state index in [4.69, 9.17) is 25.0 Å². The first kappa shape index (κ1) is 10.7. The SMILES string of the molecule is [2H]c1c([2H])c([2H])c2c(oc3c([2H])c(-c4c([2H])c([2H])c5c(-c6c([2H])c([2H])c7c([2H])c([2H])c([2H])c([2H])c7c6[2H])c6c([2H])c([2H])c([2H])c([2H])c6c(-c6c([2H])c([2H])c7c([2H])c([2H])c([2H])c([2H])c7c6[2H])c5c4[2H])c([2H])c([2H])c32)c1[2H]. The molecule has 0 saturated heterocycles. The van der Waals surface area contributed by atoms with Crippen LogP contribution in [0.25, 0.3) is 98.4 Å². The molecule has 0 bridgehead atoms. The summed E-state index contributed by atoms with van der Waals surface area (Å²) in [5.74, 6) is 0. The lowest BCUT2D eigenvalue weighted by molar-refractivity contribution is 0.669. The number of para-hydroxylation sites is 1. The Kier molecular flexibility index (Phi) is 2.31. The fourth-order valence-electron chi connectivity index (χ4n) is 5.58. The van der Waals surface area contributed by atoms with Crippen molar-refractivity contribution in [3.05, 3.63) is 169 Å². The quantitative estimate of drug-likeness (QED) is 0.178. The minimum Gasteiger partial charge on any atom is -0.456 e. The molecule has 1 heterocycles. The van der Waals surface area contributed by atoms with E-state index < -0.39 is 268 Å². The van der Waals surface area contributed by atoms with Gasteiger partial charge in [-0.25, -0.2) is 0 Å². The molecule has 47 heavy (non-hydrogen) atoms. The van der Waals surface area contributed by atoms with Gasteiger partial charge in [-0.3, -0.25) is 0 Å². The minimum atomic E-state index is -1.11. The van der Waals surface area contributed by atoms with Crippen molar-refractivity contribution >= 4 is 65.0 Å². The summed E-state index contributed by atoms with van der Waals surface area (Å²) >= 11 is 0. The Morgan fingerprint density at radius 2 is 0.745 bits per heavy atom. The molecule has 1 heteroatoms. The molecule has 0 unspecified atom stereocenters. The van der Waals surface area contributed by atoms with E-state index in [9.17, 15) is 17.8 Å². The largest absolute Gasteiger partial charge is 0.456 e. The number of fused-ring (bicyclic) bond motifs is 7. The van der Waals surface area contributed by atoms with E-state index in [1.807, 2.05) is 0 Å². The maximum atomic E-state index is 10.2. The van der Waals surface area contributed by atoms with Gasteiger partial charge in [-0.05, 0) is 113 Å². The van der Waals surface area contributed by atoms with Crippen LogP contribution in [0.1, 0.15) is 38.4 Å². The first-order valence-corrected chi connectivity index (χ1v) is 13.9. The summed E-state index contributed by atoms with van der Waals surface area (Å²) in [6.45, 7) is 0. The lowest BCUT2D eigenvalue weighted by Crippen LogP contribution is -1.92. The molecule has 0 aliphatic heterocycles. The second-order valence-corrected chi connectivity index (χ2v) is 10.3. The molecule has 1 aromatic heterocycles. The van der Waals surface area contributed by atoms with E-state index in [0.29, 0.717) is 0 Å². The molecule has 0 saturated carbocycles. The first-order chi connectivity index (χ1) is 35.0. The molecule has 10 rings (SSSR count). The highest BCUT2D eigenvalue weighted by Gasteiger charge is 2.18. The monoisotopic (exact) mass is 624 g/mol. The van der Waals surface area contributed by atoms with Crippen molar-refractivity contribution in [1.82, 2.24) is 0 Å². The van der Waals surface area contributed by atoms with Gasteiger partial charge in [-0.15, -0.1) is 0 Å². The first-order valence-electron chi connectivity index (χ1n) is 27.9. The molecular weight excluding hydrogens is 569 g/mol. The summed E-state index contributed by atoms with van der Waals surface area (Å²) < 4.78 is 259. The predicted molar refractivity (Wildman–Crippen MR) is 200 cm³/mol. The number of hydrogen-bond donors (Lipinski definition) is 0. The Bertz CT molecular complexity index is 4440.